The van der Waals surface area contributed by atoms with Gasteiger partial charge < -0.3 is 31.9 Å². The van der Waals surface area contributed by atoms with Gasteiger partial charge in [-0.2, -0.15) is 0 Å². The lowest BCUT2D eigenvalue weighted by molar-refractivity contribution is 0.219. The van der Waals surface area contributed by atoms with Crippen molar-refractivity contribution in [2.24, 2.45) is 0 Å². The van der Waals surface area contributed by atoms with Gasteiger partial charge in [0, 0.05) is 43.0 Å². The van der Waals surface area contributed by atoms with Crippen LogP contribution in [0.2, 0.25) is 0 Å². The Morgan fingerprint density at radius 3 is 2.10 bits per heavy atom. The predicted molar refractivity (Wildman–Crippen MR) is 115 cm³/mol. The number of benzene rings is 1. The second kappa shape index (κ2) is 12.6. The van der Waals surface area contributed by atoms with Gasteiger partial charge in [0.1, 0.15) is 0 Å². The van der Waals surface area contributed by atoms with Crippen LogP contribution in [-0.4, -0.2) is 49.3 Å². The number of rotatable bonds is 10. The highest BCUT2D eigenvalue weighted by atomic mass is 19.2. The number of nitrogens with one attached hydrogen (secondary N) is 6. The van der Waals surface area contributed by atoms with Crippen LogP contribution >= 0.6 is 0 Å². The van der Waals surface area contributed by atoms with Crippen LogP contribution in [0, 0.1) is 11.6 Å². The average molecular weight is 443 g/mol. The molecule has 0 radical (unpaired) electrons. The third-order valence-electron chi connectivity index (χ3n) is 4.27. The molecule has 1 rings (SSSR count). The Kier molecular flexibility index (Phi) is 10.5. The van der Waals surface area contributed by atoms with E-state index in [1.165, 1.54) is 6.07 Å². The van der Waals surface area contributed by atoms with Crippen LogP contribution in [0.4, 0.5) is 28.9 Å². The maximum Gasteiger partial charge on any atom is 0.319 e. The van der Waals surface area contributed by atoms with Gasteiger partial charge in [-0.15, -0.1) is 0 Å². The fourth-order valence-electron chi connectivity index (χ4n) is 2.70. The fraction of sp³-hybridized carbons (Fsp3) is 0.550. The molecular weight excluding hydrogens is 410 g/mol. The van der Waals surface area contributed by atoms with Crippen molar-refractivity contribution in [1.29, 1.82) is 0 Å². The van der Waals surface area contributed by atoms with Crippen molar-refractivity contribution in [3.8, 4) is 0 Å². The summed E-state index contributed by atoms with van der Waals surface area (Å²) >= 11 is 0. The highest BCUT2D eigenvalue weighted by Crippen LogP contribution is 2.15. The van der Waals surface area contributed by atoms with Crippen molar-refractivity contribution in [3.05, 3.63) is 29.8 Å². The lowest BCUT2D eigenvalue weighted by Crippen LogP contribution is -2.53. The molecule has 31 heavy (non-hydrogen) atoms. The smallest absolute Gasteiger partial charge is 0.319 e. The summed E-state index contributed by atoms with van der Waals surface area (Å²) in [5.41, 5.74) is -0.612. The molecule has 11 heteroatoms. The Balaban J connectivity index is 2.58. The van der Waals surface area contributed by atoms with E-state index in [4.69, 9.17) is 0 Å². The Bertz CT molecular complexity index is 762. The largest absolute Gasteiger partial charge is 0.338 e. The third kappa shape index (κ3) is 10.5. The summed E-state index contributed by atoms with van der Waals surface area (Å²) in [5.74, 6) is -2.07. The number of urea groups is 3. The van der Waals surface area contributed by atoms with E-state index in [1.54, 1.807) is 13.8 Å². The molecule has 6 amide bonds. The molecule has 1 aromatic carbocycles. The molecule has 174 valence electrons. The Hall–Kier alpha value is -3.11. The third-order valence-corrected chi connectivity index (χ3v) is 4.27. The second-order valence-electron chi connectivity index (χ2n) is 7.61. The van der Waals surface area contributed by atoms with Crippen molar-refractivity contribution in [3.63, 3.8) is 0 Å². The highest BCUT2D eigenvalue weighted by molar-refractivity contribution is 5.89. The van der Waals surface area contributed by atoms with Crippen LogP contribution in [0.5, 0.6) is 0 Å². The van der Waals surface area contributed by atoms with E-state index in [2.05, 4.69) is 31.9 Å². The van der Waals surface area contributed by atoms with Gasteiger partial charge in [0.2, 0.25) is 0 Å². The molecule has 1 unspecified atom stereocenters. The normalized spacial score (nSPS) is 12.5. The first-order chi connectivity index (χ1) is 14.5. The summed E-state index contributed by atoms with van der Waals surface area (Å²) in [6.45, 7) is 8.23. The molecule has 0 heterocycles. The number of hydrogen-bond donors (Lipinski definition) is 6. The van der Waals surface area contributed by atoms with Gasteiger partial charge in [-0.05, 0) is 52.7 Å². The molecule has 0 aliphatic carbocycles. The quantitative estimate of drug-likeness (QED) is 0.334. The first kappa shape index (κ1) is 25.9. The van der Waals surface area contributed by atoms with Crippen molar-refractivity contribution >= 4 is 23.8 Å². The lowest BCUT2D eigenvalue weighted by Gasteiger charge is -2.31. The van der Waals surface area contributed by atoms with E-state index in [9.17, 15) is 23.2 Å². The summed E-state index contributed by atoms with van der Waals surface area (Å²) in [5, 5.41) is 16.0. The van der Waals surface area contributed by atoms with Crippen LogP contribution in [0.25, 0.3) is 0 Å². The summed E-state index contributed by atoms with van der Waals surface area (Å²) < 4.78 is 26.2. The first-order valence-electron chi connectivity index (χ1n) is 10.1. The second-order valence-corrected chi connectivity index (χ2v) is 7.61. The van der Waals surface area contributed by atoms with E-state index in [1.807, 2.05) is 13.8 Å². The van der Waals surface area contributed by atoms with E-state index in [0.717, 1.165) is 12.1 Å². The Labute approximate surface area is 181 Å². The van der Waals surface area contributed by atoms with Gasteiger partial charge in [-0.25, -0.2) is 23.2 Å². The summed E-state index contributed by atoms with van der Waals surface area (Å²) in [7, 11) is 0. The molecule has 0 aliphatic rings. The van der Waals surface area contributed by atoms with E-state index in [0.29, 0.717) is 25.9 Å². The average Bonchev–Trinajstić information content (AvgIpc) is 2.64. The molecule has 1 atom stereocenters. The van der Waals surface area contributed by atoms with Crippen LogP contribution < -0.4 is 31.9 Å². The minimum absolute atomic E-state index is 0.00265. The summed E-state index contributed by atoms with van der Waals surface area (Å²) in [6, 6.07) is 1.77. The Morgan fingerprint density at radius 2 is 1.55 bits per heavy atom. The lowest BCUT2D eigenvalue weighted by atomic mass is 9.93. The van der Waals surface area contributed by atoms with Crippen molar-refractivity contribution in [1.82, 2.24) is 26.6 Å². The number of carbonyl (C=O) groups is 3. The summed E-state index contributed by atoms with van der Waals surface area (Å²) in [4.78, 5) is 35.8. The number of hydrogen-bond acceptors (Lipinski definition) is 3. The molecule has 0 saturated carbocycles. The number of carbonyl (C=O) groups excluding carboxylic acids is 3. The molecule has 0 bridgehead atoms. The van der Waals surface area contributed by atoms with E-state index in [-0.39, 0.29) is 30.3 Å². The zero-order valence-electron chi connectivity index (χ0n) is 18.3. The maximum absolute atomic E-state index is 13.2. The van der Waals surface area contributed by atoms with Crippen molar-refractivity contribution in [2.45, 2.75) is 52.1 Å². The van der Waals surface area contributed by atoms with Gasteiger partial charge in [-0.1, -0.05) is 0 Å². The minimum Gasteiger partial charge on any atom is -0.338 e. The molecule has 1 aromatic rings. The van der Waals surface area contributed by atoms with E-state index >= 15 is 0 Å². The highest BCUT2D eigenvalue weighted by Gasteiger charge is 2.26. The Morgan fingerprint density at radius 1 is 0.935 bits per heavy atom. The predicted octanol–water partition coefficient (Wildman–Crippen LogP) is 2.65. The zero-order valence-corrected chi connectivity index (χ0v) is 18.3. The van der Waals surface area contributed by atoms with Gasteiger partial charge in [0.05, 0.1) is 0 Å². The standard InChI is InChI=1S/C20H32F2N6O3/c1-5-23-19(31)28-20(4,8-10-24-17(29)26-13(2)3)9-11-25-18(30)27-14-6-7-15(21)16(22)12-14/h6-7,12-13H,5,8-11H2,1-4H3,(H2,23,28,31)(H2,24,26,29)(H2,25,27,30). The van der Waals surface area contributed by atoms with Crippen LogP contribution in [0.15, 0.2) is 18.2 Å². The molecular formula is C20H32F2N6O3. The fourth-order valence-corrected chi connectivity index (χ4v) is 2.70. The van der Waals surface area contributed by atoms with Gasteiger partial charge in [0.25, 0.3) is 0 Å². The van der Waals surface area contributed by atoms with Gasteiger partial charge in [-0.3, -0.25) is 0 Å². The topological polar surface area (TPSA) is 123 Å². The molecule has 9 nitrogen and oxygen atoms in total. The number of anilines is 1. The van der Waals surface area contributed by atoms with Crippen molar-refractivity contribution < 1.29 is 23.2 Å². The molecule has 0 fully saturated rings. The monoisotopic (exact) mass is 442 g/mol. The van der Waals surface area contributed by atoms with Crippen LogP contribution in [0.1, 0.15) is 40.5 Å². The SMILES string of the molecule is CCNC(=O)NC(C)(CCNC(=O)Nc1ccc(F)c(F)c1)CCNC(=O)NC(C)C. The molecule has 0 saturated heterocycles. The van der Waals surface area contributed by atoms with Gasteiger partial charge in [0.15, 0.2) is 11.6 Å². The first-order valence-corrected chi connectivity index (χ1v) is 10.1. The maximum atomic E-state index is 13.2. The number of amides is 6. The van der Waals surface area contributed by atoms with Crippen LogP contribution in [-0.2, 0) is 0 Å². The number of halogens is 2. The van der Waals surface area contributed by atoms with E-state index < -0.39 is 23.2 Å². The van der Waals surface area contributed by atoms with Crippen molar-refractivity contribution in [2.75, 3.05) is 25.0 Å². The molecule has 0 aromatic heterocycles. The summed E-state index contributed by atoms with van der Waals surface area (Å²) in [6.07, 6.45) is 0.783. The molecule has 0 spiro atoms. The van der Waals surface area contributed by atoms with Gasteiger partial charge >= 0.3 is 18.1 Å². The zero-order chi connectivity index (χ0) is 23.4. The minimum atomic E-state index is -1.06. The van der Waals surface area contributed by atoms with Crippen LogP contribution in [0.3, 0.4) is 0 Å². The molecule has 0 aliphatic heterocycles. The molecule has 6 N–H and O–H groups in total.